The predicted molar refractivity (Wildman–Crippen MR) is 101 cm³/mol. The molecule has 1 aromatic carbocycles. The van der Waals surface area contributed by atoms with Crippen molar-refractivity contribution in [2.45, 2.75) is 12.8 Å². The molecule has 2 N–H and O–H groups in total. The van der Waals surface area contributed by atoms with Gasteiger partial charge in [0.15, 0.2) is 0 Å². The quantitative estimate of drug-likeness (QED) is 0.805. The van der Waals surface area contributed by atoms with E-state index in [0.717, 1.165) is 23.4 Å². The van der Waals surface area contributed by atoms with Gasteiger partial charge in [0.05, 0.1) is 18.4 Å². The third-order valence-electron chi connectivity index (χ3n) is 3.96. The first-order valence-electron chi connectivity index (χ1n) is 8.16. The molecule has 3 rings (SSSR count). The molecule has 1 aliphatic heterocycles. The molecule has 1 saturated heterocycles. The Morgan fingerprint density at radius 2 is 1.96 bits per heavy atom. The molecule has 0 atom stereocenters. The molecule has 1 aromatic heterocycles. The average Bonchev–Trinajstić information content (AvgIpc) is 3.15. The molecule has 0 bridgehead atoms. The third-order valence-corrected chi connectivity index (χ3v) is 4.45. The van der Waals surface area contributed by atoms with Crippen LogP contribution in [-0.4, -0.2) is 36.4 Å². The topological polar surface area (TPSA) is 74.3 Å². The second-order valence-electron chi connectivity index (χ2n) is 5.84. The second kappa shape index (κ2) is 8.11. The molecule has 0 unspecified atom stereocenters. The van der Waals surface area contributed by atoms with E-state index in [1.165, 1.54) is 12.8 Å². The summed E-state index contributed by atoms with van der Waals surface area (Å²) in [5, 5.41) is 5.34. The summed E-state index contributed by atoms with van der Waals surface area (Å²) in [6.45, 7) is 1.96. The highest BCUT2D eigenvalue weighted by atomic mass is 79.9. The van der Waals surface area contributed by atoms with Crippen LogP contribution in [0.3, 0.4) is 0 Å². The molecule has 1 aliphatic rings. The number of pyridine rings is 1. The Hall–Kier alpha value is -2.41. The average molecular weight is 403 g/mol. The molecular weight excluding hydrogens is 384 g/mol. The lowest BCUT2D eigenvalue weighted by Gasteiger charge is -2.16. The number of carbonyl (C=O) groups excluding carboxylic acids is 2. The number of aromatic nitrogens is 1. The molecule has 6 nitrogen and oxygen atoms in total. The van der Waals surface area contributed by atoms with Crippen LogP contribution < -0.4 is 15.5 Å². The number of halogens is 1. The minimum Gasteiger partial charge on any atom is -0.357 e. The van der Waals surface area contributed by atoms with Crippen molar-refractivity contribution >= 4 is 39.2 Å². The number of nitrogens with one attached hydrogen (secondary N) is 2. The summed E-state index contributed by atoms with van der Waals surface area (Å²) in [6.07, 6.45) is 4.03. The molecule has 1 fully saturated rings. The van der Waals surface area contributed by atoms with E-state index in [1.807, 2.05) is 18.2 Å². The lowest BCUT2D eigenvalue weighted by atomic mass is 10.2. The van der Waals surface area contributed by atoms with E-state index in [2.05, 4.69) is 36.4 Å². The number of carbonyl (C=O) groups is 2. The molecular formula is C18H19BrN4O2. The van der Waals surface area contributed by atoms with Crippen molar-refractivity contribution in [1.29, 1.82) is 0 Å². The largest absolute Gasteiger partial charge is 0.357 e. The molecule has 0 saturated carbocycles. The Labute approximate surface area is 154 Å². The van der Waals surface area contributed by atoms with Gasteiger partial charge in [-0.2, -0.15) is 0 Å². The monoisotopic (exact) mass is 402 g/mol. The number of amides is 2. The highest BCUT2D eigenvalue weighted by molar-refractivity contribution is 9.10. The van der Waals surface area contributed by atoms with Gasteiger partial charge in [-0.3, -0.25) is 9.59 Å². The van der Waals surface area contributed by atoms with E-state index in [0.29, 0.717) is 11.3 Å². The molecule has 130 valence electrons. The van der Waals surface area contributed by atoms with Gasteiger partial charge in [0.2, 0.25) is 5.91 Å². The van der Waals surface area contributed by atoms with Crippen LogP contribution in [0.2, 0.25) is 0 Å². The van der Waals surface area contributed by atoms with Gasteiger partial charge in [-0.25, -0.2) is 4.98 Å². The van der Waals surface area contributed by atoms with Gasteiger partial charge in [0.25, 0.3) is 5.91 Å². The molecule has 2 aromatic rings. The summed E-state index contributed by atoms with van der Waals surface area (Å²) >= 11 is 3.32. The van der Waals surface area contributed by atoms with Gasteiger partial charge in [0.1, 0.15) is 5.82 Å². The van der Waals surface area contributed by atoms with Crippen LogP contribution in [0.15, 0.2) is 47.1 Å². The van der Waals surface area contributed by atoms with E-state index < -0.39 is 0 Å². The van der Waals surface area contributed by atoms with Gasteiger partial charge in [-0.1, -0.05) is 22.0 Å². The fraction of sp³-hybridized carbons (Fsp3) is 0.278. The van der Waals surface area contributed by atoms with E-state index in [1.54, 1.807) is 24.4 Å². The van der Waals surface area contributed by atoms with Gasteiger partial charge in [-0.15, -0.1) is 0 Å². The minimum absolute atomic E-state index is 0.0980. The molecule has 0 aliphatic carbocycles. The van der Waals surface area contributed by atoms with E-state index in [9.17, 15) is 9.59 Å². The molecule has 0 spiro atoms. The van der Waals surface area contributed by atoms with Gasteiger partial charge in [-0.05, 0) is 43.2 Å². The van der Waals surface area contributed by atoms with Crippen molar-refractivity contribution < 1.29 is 9.59 Å². The SMILES string of the molecule is O=C(CNC(=O)c1cccc(Br)c1)Nc1ccc(N2CCCC2)nc1. The maximum Gasteiger partial charge on any atom is 0.251 e. The number of rotatable bonds is 5. The number of hydrogen-bond acceptors (Lipinski definition) is 4. The summed E-state index contributed by atoms with van der Waals surface area (Å²) in [6, 6.07) is 10.7. The van der Waals surface area contributed by atoms with Crippen molar-refractivity contribution in [2.24, 2.45) is 0 Å². The fourth-order valence-electron chi connectivity index (χ4n) is 2.69. The lowest BCUT2D eigenvalue weighted by Crippen LogP contribution is -2.32. The first-order valence-corrected chi connectivity index (χ1v) is 8.96. The van der Waals surface area contributed by atoms with Gasteiger partial charge >= 0.3 is 0 Å². The van der Waals surface area contributed by atoms with Crippen molar-refractivity contribution in [3.63, 3.8) is 0 Å². The molecule has 7 heteroatoms. The normalized spacial score (nSPS) is 13.6. The number of anilines is 2. The third kappa shape index (κ3) is 4.79. The first-order chi connectivity index (χ1) is 12.1. The first kappa shape index (κ1) is 17.4. The zero-order chi connectivity index (χ0) is 17.6. The maximum atomic E-state index is 12.0. The van der Waals surface area contributed by atoms with E-state index in [4.69, 9.17) is 0 Å². The smallest absolute Gasteiger partial charge is 0.251 e. The number of nitrogens with zero attached hydrogens (tertiary/aromatic N) is 2. The minimum atomic E-state index is -0.293. The fourth-order valence-corrected chi connectivity index (χ4v) is 3.09. The van der Waals surface area contributed by atoms with Crippen molar-refractivity contribution in [3.05, 3.63) is 52.6 Å². The van der Waals surface area contributed by atoms with Crippen LogP contribution in [0.25, 0.3) is 0 Å². The number of benzene rings is 1. The van der Waals surface area contributed by atoms with E-state index >= 15 is 0 Å². The Morgan fingerprint density at radius 3 is 2.64 bits per heavy atom. The van der Waals surface area contributed by atoms with Crippen LogP contribution in [0.1, 0.15) is 23.2 Å². The van der Waals surface area contributed by atoms with Crippen molar-refractivity contribution in [1.82, 2.24) is 10.3 Å². The van der Waals surface area contributed by atoms with Crippen molar-refractivity contribution in [2.75, 3.05) is 29.9 Å². The number of hydrogen-bond donors (Lipinski definition) is 2. The molecule has 2 amide bonds. The zero-order valence-electron chi connectivity index (χ0n) is 13.7. The Morgan fingerprint density at radius 1 is 1.16 bits per heavy atom. The molecule has 25 heavy (non-hydrogen) atoms. The van der Waals surface area contributed by atoms with Gasteiger partial charge in [0, 0.05) is 23.1 Å². The summed E-state index contributed by atoms with van der Waals surface area (Å²) in [5.41, 5.74) is 1.11. The van der Waals surface area contributed by atoms with Crippen LogP contribution in [0.5, 0.6) is 0 Å². The second-order valence-corrected chi connectivity index (χ2v) is 6.76. The molecule has 0 radical (unpaired) electrons. The lowest BCUT2D eigenvalue weighted by molar-refractivity contribution is -0.115. The van der Waals surface area contributed by atoms with Crippen LogP contribution >= 0.6 is 15.9 Å². The Kier molecular flexibility index (Phi) is 5.65. The van der Waals surface area contributed by atoms with E-state index in [-0.39, 0.29) is 18.4 Å². The summed E-state index contributed by atoms with van der Waals surface area (Å²) in [7, 11) is 0. The van der Waals surface area contributed by atoms with Crippen LogP contribution in [0.4, 0.5) is 11.5 Å². The highest BCUT2D eigenvalue weighted by Gasteiger charge is 2.13. The van der Waals surface area contributed by atoms with Crippen molar-refractivity contribution in [3.8, 4) is 0 Å². The summed E-state index contributed by atoms with van der Waals surface area (Å²) < 4.78 is 0.814. The predicted octanol–water partition coefficient (Wildman–Crippen LogP) is 2.81. The maximum absolute atomic E-state index is 12.0. The Balaban J connectivity index is 1.49. The Bertz CT molecular complexity index is 758. The summed E-state index contributed by atoms with van der Waals surface area (Å²) in [4.78, 5) is 30.6. The zero-order valence-corrected chi connectivity index (χ0v) is 15.3. The van der Waals surface area contributed by atoms with Gasteiger partial charge < -0.3 is 15.5 Å². The standard InChI is InChI=1S/C18H19BrN4O2/c19-14-5-3-4-13(10-14)18(25)21-12-17(24)22-15-6-7-16(20-11-15)23-8-1-2-9-23/h3-7,10-11H,1-2,8-9,12H2,(H,21,25)(H,22,24). The molecule has 2 heterocycles. The van der Waals surface area contributed by atoms with Crippen LogP contribution in [-0.2, 0) is 4.79 Å². The highest BCUT2D eigenvalue weighted by Crippen LogP contribution is 2.19. The van der Waals surface area contributed by atoms with Crippen LogP contribution in [0, 0.1) is 0 Å². The summed E-state index contributed by atoms with van der Waals surface area (Å²) in [5.74, 6) is 0.344.